The number of benzene rings is 1. The Morgan fingerprint density at radius 3 is 2.63 bits per heavy atom. The second-order valence-corrected chi connectivity index (χ2v) is 9.85. The lowest BCUT2D eigenvalue weighted by atomic mass is 9.86. The van der Waals surface area contributed by atoms with Crippen molar-refractivity contribution < 1.29 is 32.1 Å². The lowest BCUT2D eigenvalue weighted by Gasteiger charge is -2.41. The number of hydrogen-bond acceptors (Lipinski definition) is 11. The van der Waals surface area contributed by atoms with E-state index in [1.54, 1.807) is 25.1 Å². The van der Waals surface area contributed by atoms with E-state index >= 15 is 0 Å². The molecule has 1 aromatic heterocycles. The van der Waals surface area contributed by atoms with Crippen molar-refractivity contribution in [2.75, 3.05) is 18.9 Å². The maximum Gasteiger partial charge on any atom is 0.362 e. The van der Waals surface area contributed by atoms with Crippen molar-refractivity contribution in [1.82, 2.24) is 9.29 Å². The second kappa shape index (κ2) is 10.4. The highest BCUT2D eigenvalue weighted by Crippen LogP contribution is 2.32. The average molecular weight is 525 g/mol. The van der Waals surface area contributed by atoms with Crippen molar-refractivity contribution >= 4 is 50.0 Å². The Kier molecular flexibility index (Phi) is 7.72. The number of nitrogens with one attached hydrogen (secondary N) is 1. The minimum atomic E-state index is -4.70. The van der Waals surface area contributed by atoms with Gasteiger partial charge in [-0.15, -0.1) is 11.3 Å². The number of oxime groups is 1. The molecule has 2 atom stereocenters. The number of thiazole rings is 1. The summed E-state index contributed by atoms with van der Waals surface area (Å²) in [6.45, 7) is 3.26. The molecule has 0 radical (unpaired) electrons. The Balaban J connectivity index is 1.63. The summed E-state index contributed by atoms with van der Waals surface area (Å²) in [5, 5.41) is 13.1. The fourth-order valence-corrected chi connectivity index (χ4v) is 4.98. The number of Topliss-reactive ketones (excluding diaryl/α,β-unsaturated/α-hetero) is 1. The van der Waals surface area contributed by atoms with E-state index in [9.17, 15) is 18.0 Å². The number of amides is 1. The zero-order chi connectivity index (χ0) is 25.9. The molecule has 2 aromatic rings. The molecule has 1 aliphatic rings. The van der Waals surface area contributed by atoms with E-state index in [4.69, 9.17) is 31.0 Å². The first-order valence-electron chi connectivity index (χ1n) is 10.2. The molecule has 15 heteroatoms. The maximum atomic E-state index is 12.9. The number of β-lactam (4-membered cyclic amide) rings is 1. The topological polar surface area (TPSA) is 211 Å². The molecule has 3 rings (SSSR count). The third-order valence-corrected chi connectivity index (χ3v) is 6.94. The van der Waals surface area contributed by atoms with Crippen LogP contribution in [0, 0.1) is 18.3 Å². The Hall–Kier alpha value is -3.56. The second-order valence-electron chi connectivity index (χ2n) is 7.67. The molecule has 6 N–H and O–H groups in total. The molecule has 1 aromatic carbocycles. The highest BCUT2D eigenvalue weighted by atomic mass is 32.2. The van der Waals surface area contributed by atoms with Gasteiger partial charge >= 0.3 is 10.3 Å². The molecule has 1 fully saturated rings. The number of aromatic nitrogens is 1. The summed E-state index contributed by atoms with van der Waals surface area (Å²) in [6, 6.07) is 4.16. The van der Waals surface area contributed by atoms with Crippen LogP contribution in [0.5, 0.6) is 5.75 Å². The number of hydrogen-bond donors (Lipinski definition) is 4. The molecule has 0 saturated carbocycles. The largest absolute Gasteiger partial charge is 0.490 e. The van der Waals surface area contributed by atoms with Crippen LogP contribution in [0.1, 0.15) is 30.2 Å². The highest BCUT2D eigenvalue weighted by Gasteiger charge is 2.51. The van der Waals surface area contributed by atoms with Crippen LogP contribution in [0.15, 0.2) is 28.7 Å². The Morgan fingerprint density at radius 2 is 2.09 bits per heavy atom. The fraction of sp³-hybridized carbons (Fsp3) is 0.350. The van der Waals surface area contributed by atoms with E-state index in [1.807, 2.05) is 0 Å². The van der Waals surface area contributed by atoms with Crippen LogP contribution in [-0.2, 0) is 24.7 Å². The van der Waals surface area contributed by atoms with Gasteiger partial charge in [0, 0.05) is 17.4 Å². The summed E-state index contributed by atoms with van der Waals surface area (Å²) < 4.78 is 37.6. The van der Waals surface area contributed by atoms with Crippen LogP contribution in [0.2, 0.25) is 0 Å². The van der Waals surface area contributed by atoms with Crippen LogP contribution in [0.3, 0.4) is 0 Å². The first kappa shape index (κ1) is 26.1. The highest BCUT2D eigenvalue weighted by molar-refractivity contribution is 7.84. The van der Waals surface area contributed by atoms with Crippen molar-refractivity contribution in [3.05, 3.63) is 40.4 Å². The average Bonchev–Trinajstić information content (AvgIpc) is 3.19. The molecule has 13 nitrogen and oxygen atoms in total. The number of carbonyl (C=O) groups is 2. The van der Waals surface area contributed by atoms with Gasteiger partial charge in [-0.25, -0.2) is 9.29 Å². The molecular formula is C20H24N6O7S2. The third-order valence-electron chi connectivity index (χ3n) is 5.26. The van der Waals surface area contributed by atoms with Crippen LogP contribution >= 0.6 is 11.3 Å². The third kappa shape index (κ3) is 5.93. The summed E-state index contributed by atoms with van der Waals surface area (Å²) in [7, 11) is -4.70. The van der Waals surface area contributed by atoms with Gasteiger partial charge < -0.3 is 21.0 Å². The quantitative estimate of drug-likeness (QED) is 0.0807. The van der Waals surface area contributed by atoms with E-state index in [2.05, 4.69) is 10.1 Å². The Labute approximate surface area is 205 Å². The van der Waals surface area contributed by atoms with Crippen LogP contribution < -0.4 is 16.2 Å². The lowest BCUT2D eigenvalue weighted by Crippen LogP contribution is -2.62. The first-order valence-corrected chi connectivity index (χ1v) is 12.5. The van der Waals surface area contributed by atoms with Crippen molar-refractivity contribution in [3.8, 4) is 5.75 Å². The van der Waals surface area contributed by atoms with Crippen molar-refractivity contribution in [2.24, 2.45) is 16.8 Å². The van der Waals surface area contributed by atoms with Gasteiger partial charge in [0.05, 0.1) is 12.0 Å². The van der Waals surface area contributed by atoms with E-state index in [1.165, 1.54) is 12.3 Å². The van der Waals surface area contributed by atoms with Gasteiger partial charge in [-0.05, 0) is 37.6 Å². The van der Waals surface area contributed by atoms with Crippen molar-refractivity contribution in [3.63, 3.8) is 0 Å². The van der Waals surface area contributed by atoms with E-state index in [-0.39, 0.29) is 42.0 Å². The number of aryl methyl sites for hydroxylation is 1. The van der Waals surface area contributed by atoms with Gasteiger partial charge in [-0.2, -0.15) is 8.42 Å². The van der Waals surface area contributed by atoms with Gasteiger partial charge in [-0.1, -0.05) is 5.16 Å². The number of ether oxygens (including phenoxy) is 1. The smallest absolute Gasteiger partial charge is 0.362 e. The van der Waals surface area contributed by atoms with Gasteiger partial charge in [0.1, 0.15) is 23.9 Å². The van der Waals surface area contributed by atoms with E-state index < -0.39 is 34.0 Å². The van der Waals surface area contributed by atoms with Crippen molar-refractivity contribution in [2.45, 2.75) is 26.3 Å². The molecule has 188 valence electrons. The molecule has 0 bridgehead atoms. The predicted molar refractivity (Wildman–Crippen MR) is 128 cm³/mol. The van der Waals surface area contributed by atoms with Crippen LogP contribution in [0.25, 0.3) is 0 Å². The van der Waals surface area contributed by atoms with Gasteiger partial charge in [-0.3, -0.25) is 19.6 Å². The van der Waals surface area contributed by atoms with E-state index in [0.29, 0.717) is 15.6 Å². The summed E-state index contributed by atoms with van der Waals surface area (Å²) in [5.74, 6) is -1.95. The summed E-state index contributed by atoms with van der Waals surface area (Å²) in [4.78, 5) is 34.3. The zero-order valence-electron chi connectivity index (χ0n) is 18.8. The monoisotopic (exact) mass is 524 g/mol. The molecule has 0 spiro atoms. The lowest BCUT2D eigenvalue weighted by molar-refractivity contribution is -0.147. The minimum Gasteiger partial charge on any atom is -0.490 e. The summed E-state index contributed by atoms with van der Waals surface area (Å²) >= 11 is 1.08. The minimum absolute atomic E-state index is 0.0286. The van der Waals surface area contributed by atoms with E-state index in [0.717, 1.165) is 16.9 Å². The Morgan fingerprint density at radius 1 is 1.37 bits per heavy atom. The molecule has 1 amide bonds. The molecule has 1 saturated heterocycles. The van der Waals surface area contributed by atoms with Gasteiger partial charge in [0.25, 0.3) is 0 Å². The Bertz CT molecular complexity index is 1290. The predicted octanol–water partition coefficient (Wildman–Crippen LogP) is 0.726. The number of rotatable bonds is 11. The van der Waals surface area contributed by atoms with Gasteiger partial charge in [0.2, 0.25) is 5.91 Å². The molecule has 2 heterocycles. The normalized spacial score (nSPS) is 18.2. The zero-order valence-corrected chi connectivity index (χ0v) is 20.4. The standard InChI is InChI=1S/C20H24N6O7S2/c1-10-7-12(3-4-13(10)18(21)22)32-5-6-33-25-17(15-9-34-20(23)24-15)16(27)8-14-11(2)26(19(14)28)35(29,30)31/h3-4,7,9,11,14H,5-6,8H2,1-2H3,(H3,21,22)(H2,23,24)(H,29,30,31)/b25-17-/t11-,14-/m0/s1. The number of ketones is 1. The van der Waals surface area contributed by atoms with Gasteiger partial charge in [0.15, 0.2) is 23.2 Å². The number of nitrogen functional groups attached to an aromatic ring is 2. The van der Waals surface area contributed by atoms with Crippen LogP contribution in [-0.4, -0.2) is 64.8 Å². The molecular weight excluding hydrogens is 500 g/mol. The number of anilines is 1. The SMILES string of the molecule is Cc1cc(OCCO/N=C(\C(=O)C[C@@H]2C(=O)N(S(=O)(=O)O)[C@H]2C)c2csc(N)n2)ccc1C(=N)N. The molecule has 1 aliphatic heterocycles. The first-order chi connectivity index (χ1) is 16.4. The fourth-order valence-electron chi connectivity index (χ4n) is 3.50. The number of nitrogens with zero attached hydrogens (tertiary/aromatic N) is 3. The summed E-state index contributed by atoms with van der Waals surface area (Å²) in [5.41, 5.74) is 12.5. The van der Waals surface area contributed by atoms with Crippen molar-refractivity contribution in [1.29, 1.82) is 5.41 Å². The molecule has 0 unspecified atom stereocenters. The molecule has 0 aliphatic carbocycles. The molecule has 35 heavy (non-hydrogen) atoms. The number of carbonyl (C=O) groups excluding carboxylic acids is 2. The van der Waals surface area contributed by atoms with Crippen LogP contribution in [0.4, 0.5) is 5.13 Å². The maximum absolute atomic E-state index is 12.9. The number of nitrogens with two attached hydrogens (primary N) is 2. The summed E-state index contributed by atoms with van der Waals surface area (Å²) in [6.07, 6.45) is -0.357. The number of amidine groups is 1.